The summed E-state index contributed by atoms with van der Waals surface area (Å²) in [4.78, 5) is 7.72. The summed E-state index contributed by atoms with van der Waals surface area (Å²) in [5, 5.41) is 9.68. The van der Waals surface area contributed by atoms with Gasteiger partial charge < -0.3 is 14.7 Å². The van der Waals surface area contributed by atoms with Gasteiger partial charge in [-0.3, -0.25) is 9.80 Å². The van der Waals surface area contributed by atoms with Crippen molar-refractivity contribution in [2.75, 3.05) is 46.4 Å². The third-order valence-electron chi connectivity index (χ3n) is 7.19. The Kier molecular flexibility index (Phi) is 7.46. The smallest absolute Gasteiger partial charge is 0.124 e. The minimum Gasteiger partial charge on any atom is -0.490 e. The van der Waals surface area contributed by atoms with Crippen molar-refractivity contribution in [1.82, 2.24) is 14.7 Å². The SMILES string of the molecule is CN1CCC(N2CCN(Cc3ccccc3OC3CCCC3)C[C@@H]2CCO)CC1. The van der Waals surface area contributed by atoms with E-state index in [0.29, 0.717) is 18.2 Å². The molecule has 5 heteroatoms. The molecule has 2 saturated heterocycles. The summed E-state index contributed by atoms with van der Waals surface area (Å²) in [5.41, 5.74) is 1.31. The molecule has 0 spiro atoms. The van der Waals surface area contributed by atoms with Gasteiger partial charge in [0, 0.05) is 50.4 Å². The van der Waals surface area contributed by atoms with Crippen LogP contribution >= 0.6 is 0 Å². The summed E-state index contributed by atoms with van der Waals surface area (Å²) in [5.74, 6) is 1.08. The van der Waals surface area contributed by atoms with Crippen molar-refractivity contribution < 1.29 is 9.84 Å². The molecule has 0 amide bonds. The maximum Gasteiger partial charge on any atom is 0.124 e. The number of piperazine rings is 1. The number of piperidine rings is 1. The number of aliphatic hydroxyl groups is 1. The minimum absolute atomic E-state index is 0.281. The number of para-hydroxylation sites is 1. The molecule has 3 aliphatic rings. The summed E-state index contributed by atoms with van der Waals surface area (Å²) in [6, 6.07) is 9.76. The van der Waals surface area contributed by atoms with Crippen molar-refractivity contribution in [3.8, 4) is 5.75 Å². The number of rotatable bonds is 7. The molecule has 1 N–H and O–H groups in total. The molecule has 4 rings (SSSR count). The average molecular weight is 402 g/mol. The quantitative estimate of drug-likeness (QED) is 0.761. The van der Waals surface area contributed by atoms with E-state index in [0.717, 1.165) is 38.3 Å². The van der Waals surface area contributed by atoms with Crippen LogP contribution in [0.4, 0.5) is 0 Å². The maximum atomic E-state index is 9.68. The molecule has 1 aliphatic carbocycles. The Balaban J connectivity index is 1.38. The zero-order valence-electron chi connectivity index (χ0n) is 18.1. The molecule has 0 bridgehead atoms. The van der Waals surface area contributed by atoms with Gasteiger partial charge in [-0.1, -0.05) is 18.2 Å². The third kappa shape index (κ3) is 5.52. The van der Waals surface area contributed by atoms with Crippen LogP contribution in [0.2, 0.25) is 0 Å². The van der Waals surface area contributed by atoms with Crippen LogP contribution in [-0.2, 0) is 6.54 Å². The highest BCUT2D eigenvalue weighted by Crippen LogP contribution is 2.29. The van der Waals surface area contributed by atoms with Crippen molar-refractivity contribution >= 4 is 0 Å². The Labute approximate surface area is 176 Å². The first-order valence-electron chi connectivity index (χ1n) is 11.7. The van der Waals surface area contributed by atoms with Crippen LogP contribution in [-0.4, -0.2) is 84.4 Å². The molecule has 1 aromatic carbocycles. The van der Waals surface area contributed by atoms with E-state index in [-0.39, 0.29) is 6.61 Å². The summed E-state index contributed by atoms with van der Waals surface area (Å²) in [6.07, 6.45) is 8.79. The lowest BCUT2D eigenvalue weighted by atomic mass is 9.98. The summed E-state index contributed by atoms with van der Waals surface area (Å²) >= 11 is 0. The number of benzene rings is 1. The minimum atomic E-state index is 0.281. The Hall–Kier alpha value is -1.14. The first-order valence-corrected chi connectivity index (χ1v) is 11.7. The van der Waals surface area contributed by atoms with Crippen LogP contribution < -0.4 is 4.74 Å². The lowest BCUT2D eigenvalue weighted by molar-refractivity contribution is 0.00567. The fourth-order valence-electron chi connectivity index (χ4n) is 5.47. The van der Waals surface area contributed by atoms with Gasteiger partial charge in [-0.25, -0.2) is 0 Å². The summed E-state index contributed by atoms with van der Waals surface area (Å²) in [7, 11) is 2.23. The zero-order chi connectivity index (χ0) is 20.1. The van der Waals surface area contributed by atoms with Gasteiger partial charge in [-0.2, -0.15) is 0 Å². The zero-order valence-corrected chi connectivity index (χ0v) is 18.1. The van der Waals surface area contributed by atoms with Crippen LogP contribution in [0, 0.1) is 0 Å². The van der Waals surface area contributed by atoms with Gasteiger partial charge in [0.05, 0.1) is 6.10 Å². The molecule has 1 aromatic rings. The molecule has 2 aliphatic heterocycles. The van der Waals surface area contributed by atoms with E-state index in [9.17, 15) is 5.11 Å². The predicted molar refractivity (Wildman–Crippen MR) is 117 cm³/mol. The molecule has 5 nitrogen and oxygen atoms in total. The summed E-state index contributed by atoms with van der Waals surface area (Å²) < 4.78 is 6.37. The first kappa shape index (κ1) is 21.1. The van der Waals surface area contributed by atoms with Gasteiger partial charge in [-0.15, -0.1) is 0 Å². The Morgan fingerprint density at radius 2 is 1.76 bits per heavy atom. The standard InChI is InChI=1S/C24H39N3O2/c1-25-13-10-21(11-14-25)27-16-15-26(19-22(27)12-17-28)18-20-6-2-5-9-24(20)29-23-7-3-4-8-23/h2,5-6,9,21-23,28H,3-4,7-8,10-19H2,1H3/t22-/m0/s1. The van der Waals surface area contributed by atoms with Crippen molar-refractivity contribution in [2.45, 2.75) is 69.7 Å². The van der Waals surface area contributed by atoms with E-state index < -0.39 is 0 Å². The molecule has 162 valence electrons. The van der Waals surface area contributed by atoms with E-state index in [2.05, 4.69) is 46.0 Å². The van der Waals surface area contributed by atoms with Crippen LogP contribution in [0.15, 0.2) is 24.3 Å². The number of hydrogen-bond acceptors (Lipinski definition) is 5. The fraction of sp³-hybridized carbons (Fsp3) is 0.750. The Morgan fingerprint density at radius 1 is 1.00 bits per heavy atom. The van der Waals surface area contributed by atoms with Crippen LogP contribution in [0.5, 0.6) is 5.75 Å². The normalized spacial score (nSPS) is 26.2. The van der Waals surface area contributed by atoms with Crippen LogP contribution in [0.1, 0.15) is 50.5 Å². The van der Waals surface area contributed by atoms with Gasteiger partial charge in [0.15, 0.2) is 0 Å². The number of hydrogen-bond donors (Lipinski definition) is 1. The van der Waals surface area contributed by atoms with Crippen molar-refractivity contribution in [3.05, 3.63) is 29.8 Å². The number of ether oxygens (including phenoxy) is 1. The second-order valence-corrected chi connectivity index (χ2v) is 9.31. The van der Waals surface area contributed by atoms with E-state index in [1.54, 1.807) is 0 Å². The van der Waals surface area contributed by atoms with E-state index >= 15 is 0 Å². The molecule has 0 radical (unpaired) electrons. The highest BCUT2D eigenvalue weighted by atomic mass is 16.5. The lowest BCUT2D eigenvalue weighted by Gasteiger charge is -2.47. The number of aliphatic hydroxyl groups excluding tert-OH is 1. The van der Waals surface area contributed by atoms with E-state index in [1.807, 2.05) is 0 Å². The second-order valence-electron chi connectivity index (χ2n) is 9.31. The van der Waals surface area contributed by atoms with Crippen molar-refractivity contribution in [3.63, 3.8) is 0 Å². The molecule has 0 unspecified atom stereocenters. The van der Waals surface area contributed by atoms with Gasteiger partial charge in [-0.05, 0) is 71.1 Å². The van der Waals surface area contributed by atoms with Crippen molar-refractivity contribution in [2.24, 2.45) is 0 Å². The lowest BCUT2D eigenvalue weighted by Crippen LogP contribution is -2.58. The monoisotopic (exact) mass is 401 g/mol. The average Bonchev–Trinajstić information content (AvgIpc) is 3.24. The molecule has 3 fully saturated rings. The molecular weight excluding hydrogens is 362 g/mol. The number of likely N-dealkylation sites (tertiary alicyclic amines) is 1. The molecular formula is C24H39N3O2. The largest absolute Gasteiger partial charge is 0.490 e. The highest BCUT2D eigenvalue weighted by molar-refractivity contribution is 5.33. The first-order chi connectivity index (χ1) is 14.2. The van der Waals surface area contributed by atoms with Gasteiger partial charge in [0.2, 0.25) is 0 Å². The van der Waals surface area contributed by atoms with Gasteiger partial charge >= 0.3 is 0 Å². The molecule has 1 saturated carbocycles. The van der Waals surface area contributed by atoms with Gasteiger partial charge in [0.1, 0.15) is 5.75 Å². The summed E-state index contributed by atoms with van der Waals surface area (Å²) in [6.45, 7) is 6.89. The van der Waals surface area contributed by atoms with E-state index in [4.69, 9.17) is 4.74 Å². The van der Waals surface area contributed by atoms with E-state index in [1.165, 1.54) is 57.2 Å². The van der Waals surface area contributed by atoms with Crippen molar-refractivity contribution in [1.29, 1.82) is 0 Å². The predicted octanol–water partition coefficient (Wildman–Crippen LogP) is 2.97. The third-order valence-corrected chi connectivity index (χ3v) is 7.19. The number of nitrogens with zero attached hydrogens (tertiary/aromatic N) is 3. The molecule has 29 heavy (non-hydrogen) atoms. The Morgan fingerprint density at radius 3 is 2.52 bits per heavy atom. The molecule has 2 heterocycles. The van der Waals surface area contributed by atoms with Gasteiger partial charge in [0.25, 0.3) is 0 Å². The molecule has 0 aromatic heterocycles. The second kappa shape index (κ2) is 10.3. The fourth-order valence-corrected chi connectivity index (χ4v) is 5.47. The topological polar surface area (TPSA) is 39.2 Å². The van der Waals surface area contributed by atoms with Crippen LogP contribution in [0.25, 0.3) is 0 Å². The maximum absolute atomic E-state index is 9.68. The Bertz CT molecular complexity index is 626. The van der Waals surface area contributed by atoms with Crippen LogP contribution in [0.3, 0.4) is 0 Å². The highest BCUT2D eigenvalue weighted by Gasteiger charge is 2.33. The molecule has 1 atom stereocenters.